The van der Waals surface area contributed by atoms with Gasteiger partial charge in [0.05, 0.1) is 6.08 Å². The summed E-state index contributed by atoms with van der Waals surface area (Å²) in [5, 5.41) is 21.6. The first-order chi connectivity index (χ1) is 7.90. The zero-order chi connectivity index (χ0) is 13.7. The molecule has 9 nitrogen and oxygen atoms in total. The van der Waals surface area contributed by atoms with E-state index in [1.54, 1.807) is 0 Å². The Balaban J connectivity index is -0.000000609. The molecule has 0 saturated heterocycles. The smallest absolute Gasteiger partial charge is 1.00 e. The fraction of sp³-hybridized carbons (Fsp3) is 0.250. The first-order valence-corrected chi connectivity index (χ1v) is 4.33. The van der Waals surface area contributed by atoms with E-state index in [9.17, 15) is 20.2 Å². The van der Waals surface area contributed by atoms with Crippen molar-refractivity contribution < 1.29 is 62.7 Å². The molecule has 0 saturated carbocycles. The molecule has 0 aromatic heterocycles. The molecule has 0 aliphatic heterocycles. The van der Waals surface area contributed by atoms with Gasteiger partial charge < -0.3 is 1.43 Å². The maximum Gasteiger partial charge on any atom is 1.00 e. The van der Waals surface area contributed by atoms with Gasteiger partial charge in [-0.1, -0.05) is 12.2 Å². The van der Waals surface area contributed by atoms with E-state index in [0.717, 1.165) is 12.2 Å². The predicted molar refractivity (Wildman–Crippen MR) is 61.6 cm³/mol. The van der Waals surface area contributed by atoms with Gasteiger partial charge in [0.2, 0.25) is 5.66 Å². The number of hydrogen-bond acceptors (Lipinski definition) is 7. The maximum atomic E-state index is 10.8. The Kier molecular flexibility index (Phi) is 8.67. The van der Waals surface area contributed by atoms with Gasteiger partial charge in [0.1, 0.15) is 9.85 Å². The Morgan fingerprint density at radius 3 is 1.83 bits per heavy atom. The van der Waals surface area contributed by atoms with Crippen molar-refractivity contribution in [1.82, 2.24) is 5.43 Å². The molecule has 1 rings (SSSR count). The summed E-state index contributed by atoms with van der Waals surface area (Å²) in [6.07, 6.45) is 4.37. The third-order valence-corrected chi connectivity index (χ3v) is 2.20. The van der Waals surface area contributed by atoms with Gasteiger partial charge in [-0.05, 0) is 6.08 Å². The maximum absolute atomic E-state index is 10.8. The standard InChI is InChI=1S/C6H9N5O4.C2H4.K.H/c7-5(9-8)3-1-2-4-6(5,10(12)13)11(14)15;1-2;;/h1-4,9H,7-8H2;1-2H2;;/q;;+1;-1. The van der Waals surface area contributed by atoms with Gasteiger partial charge in [0.15, 0.2) is 0 Å². The molecule has 1 aliphatic rings. The van der Waals surface area contributed by atoms with Crippen LogP contribution in [0.1, 0.15) is 1.43 Å². The van der Waals surface area contributed by atoms with Gasteiger partial charge in [-0.15, -0.1) is 13.2 Å². The number of allylic oxidation sites excluding steroid dienone is 2. The van der Waals surface area contributed by atoms with Crippen LogP contribution < -0.4 is 68.4 Å². The summed E-state index contributed by atoms with van der Waals surface area (Å²) >= 11 is 0. The van der Waals surface area contributed by atoms with Crippen LogP contribution >= 0.6 is 0 Å². The number of nitrogens with zero attached hydrogens (tertiary/aromatic N) is 2. The summed E-state index contributed by atoms with van der Waals surface area (Å²) in [6.45, 7) is 6.00. The molecule has 1 aliphatic carbocycles. The molecule has 0 fully saturated rings. The van der Waals surface area contributed by atoms with E-state index in [2.05, 4.69) is 13.2 Å². The van der Waals surface area contributed by atoms with E-state index < -0.39 is 21.2 Å². The van der Waals surface area contributed by atoms with Gasteiger partial charge in [0, 0.05) is 0 Å². The van der Waals surface area contributed by atoms with Crippen LogP contribution in [0.2, 0.25) is 0 Å². The largest absolute Gasteiger partial charge is 1.00 e. The number of rotatable bonds is 3. The molecule has 1 unspecified atom stereocenters. The molecule has 0 aromatic carbocycles. The molecular weight excluding hydrogens is 269 g/mol. The Bertz CT molecular complexity index is 377. The summed E-state index contributed by atoms with van der Waals surface area (Å²) in [4.78, 5) is 19.4. The van der Waals surface area contributed by atoms with Crippen molar-refractivity contribution in [2.75, 3.05) is 0 Å². The molecule has 0 heterocycles. The van der Waals surface area contributed by atoms with Crippen molar-refractivity contribution in [3.63, 3.8) is 0 Å². The predicted octanol–water partition coefficient (Wildman–Crippen LogP) is -3.60. The fourth-order valence-corrected chi connectivity index (χ4v) is 1.30. The number of nitrogens with one attached hydrogen (secondary N) is 1. The number of hydrazine groups is 1. The van der Waals surface area contributed by atoms with Crippen LogP contribution in [0.15, 0.2) is 37.5 Å². The van der Waals surface area contributed by atoms with Crippen LogP contribution in [0, 0.1) is 20.2 Å². The molecular formula is C8H14KN5O4. The summed E-state index contributed by atoms with van der Waals surface area (Å²) < 4.78 is 0. The van der Waals surface area contributed by atoms with Gasteiger partial charge in [-0.3, -0.25) is 31.8 Å². The summed E-state index contributed by atoms with van der Waals surface area (Å²) in [6, 6.07) is 0. The van der Waals surface area contributed by atoms with E-state index in [0.29, 0.717) is 0 Å². The van der Waals surface area contributed by atoms with Crippen LogP contribution in [-0.2, 0) is 0 Å². The normalized spacial score (nSPS) is 23.2. The van der Waals surface area contributed by atoms with E-state index in [-0.39, 0.29) is 52.8 Å². The van der Waals surface area contributed by atoms with Crippen LogP contribution in [-0.4, -0.2) is 21.2 Å². The first kappa shape index (κ1) is 19.9. The van der Waals surface area contributed by atoms with E-state index in [4.69, 9.17) is 11.6 Å². The second-order valence-electron chi connectivity index (χ2n) is 2.97. The second kappa shape index (κ2) is 7.86. The minimum Gasteiger partial charge on any atom is -1.00 e. The SMILES string of the molecule is C=C.NNC1(N)C=CC=CC1([N+](=O)[O-])[N+](=O)[O-].[H-].[K+]. The molecule has 10 heteroatoms. The molecule has 1 atom stereocenters. The average molecular weight is 283 g/mol. The Hall–Kier alpha value is -0.464. The average Bonchev–Trinajstić information content (AvgIpc) is 2.31. The van der Waals surface area contributed by atoms with Crippen molar-refractivity contribution >= 4 is 0 Å². The van der Waals surface area contributed by atoms with Crippen molar-refractivity contribution in [3.8, 4) is 0 Å². The van der Waals surface area contributed by atoms with Crippen LogP contribution in [0.25, 0.3) is 0 Å². The van der Waals surface area contributed by atoms with Gasteiger partial charge >= 0.3 is 57.0 Å². The van der Waals surface area contributed by atoms with Crippen molar-refractivity contribution in [3.05, 3.63) is 57.7 Å². The third kappa shape index (κ3) is 3.10. The zero-order valence-corrected chi connectivity index (χ0v) is 13.0. The van der Waals surface area contributed by atoms with E-state index in [1.807, 2.05) is 5.43 Å². The first-order valence-electron chi connectivity index (χ1n) is 4.33. The number of hydrogen-bond donors (Lipinski definition) is 3. The zero-order valence-electron chi connectivity index (χ0n) is 10.9. The number of nitrogens with two attached hydrogens (primary N) is 2. The van der Waals surface area contributed by atoms with Gasteiger partial charge in [-0.2, -0.15) is 0 Å². The Morgan fingerprint density at radius 2 is 1.56 bits per heavy atom. The summed E-state index contributed by atoms with van der Waals surface area (Å²) in [5.74, 6) is 5.02. The quantitative estimate of drug-likeness (QED) is 0.121. The molecule has 0 bridgehead atoms. The monoisotopic (exact) mass is 283 g/mol. The van der Waals surface area contributed by atoms with E-state index >= 15 is 0 Å². The molecule has 0 spiro atoms. The fourth-order valence-electron chi connectivity index (χ4n) is 1.30. The summed E-state index contributed by atoms with van der Waals surface area (Å²) in [7, 11) is 0. The topological polar surface area (TPSA) is 150 Å². The minimum absolute atomic E-state index is 0. The van der Waals surface area contributed by atoms with E-state index in [1.165, 1.54) is 12.2 Å². The third-order valence-electron chi connectivity index (χ3n) is 2.20. The van der Waals surface area contributed by atoms with Crippen molar-refractivity contribution in [1.29, 1.82) is 0 Å². The van der Waals surface area contributed by atoms with Crippen molar-refractivity contribution in [2.45, 2.75) is 11.3 Å². The molecule has 18 heavy (non-hydrogen) atoms. The van der Waals surface area contributed by atoms with Crippen molar-refractivity contribution in [2.24, 2.45) is 11.6 Å². The van der Waals surface area contributed by atoms with Crippen LogP contribution in [0.3, 0.4) is 0 Å². The molecule has 0 amide bonds. The summed E-state index contributed by atoms with van der Waals surface area (Å²) in [5.41, 5.74) is 2.61. The van der Waals surface area contributed by atoms with Gasteiger partial charge in [-0.25, -0.2) is 5.43 Å². The van der Waals surface area contributed by atoms with Gasteiger partial charge in [0.25, 0.3) is 0 Å². The minimum atomic E-state index is -2.70. The van der Waals surface area contributed by atoms with Crippen LogP contribution in [0.5, 0.6) is 0 Å². The number of nitro groups is 2. The molecule has 0 radical (unpaired) electrons. The Morgan fingerprint density at radius 1 is 1.17 bits per heavy atom. The molecule has 0 aromatic rings. The Labute approximate surface area is 147 Å². The second-order valence-corrected chi connectivity index (χ2v) is 2.97. The van der Waals surface area contributed by atoms with Crippen LogP contribution in [0.4, 0.5) is 0 Å². The molecule has 5 N–H and O–H groups in total. The molecule has 96 valence electrons.